The fraction of sp³-hybridized carbons (Fsp3) is 0.474. The van der Waals surface area contributed by atoms with Crippen molar-refractivity contribution in [2.24, 2.45) is 0 Å². The first-order chi connectivity index (χ1) is 12.2. The topological polar surface area (TPSA) is 45.7 Å². The van der Waals surface area contributed by atoms with Crippen LogP contribution in [-0.4, -0.2) is 60.5 Å². The molecule has 6 heteroatoms. The molecule has 0 N–H and O–H groups in total. The quantitative estimate of drug-likeness (QED) is 0.796. The Morgan fingerprint density at radius 3 is 2.72 bits per heavy atom. The third-order valence-corrected chi connectivity index (χ3v) is 5.58. The summed E-state index contributed by atoms with van der Waals surface area (Å²) in [6.45, 7) is 6.88. The number of amides is 1. The molecule has 1 saturated heterocycles. The summed E-state index contributed by atoms with van der Waals surface area (Å²) in [5, 5.41) is 2.99. The Hall–Kier alpha value is -1.92. The molecule has 3 rings (SSSR count). The average Bonchev–Trinajstić information content (AvgIpc) is 3.15. The number of ether oxygens (including phenoxy) is 1. The number of aromatic nitrogens is 1. The van der Waals surface area contributed by atoms with Crippen LogP contribution < -0.4 is 4.74 Å². The number of carbonyl (C=O) groups is 1. The third-order valence-electron chi connectivity index (χ3n) is 4.66. The van der Waals surface area contributed by atoms with Crippen molar-refractivity contribution in [3.8, 4) is 16.3 Å². The summed E-state index contributed by atoms with van der Waals surface area (Å²) in [4.78, 5) is 21.5. The van der Waals surface area contributed by atoms with Crippen LogP contribution in [0.5, 0.6) is 5.75 Å². The minimum absolute atomic E-state index is 0.239. The molecule has 1 amide bonds. The molecule has 1 fully saturated rings. The molecule has 134 valence electrons. The van der Waals surface area contributed by atoms with Gasteiger partial charge >= 0.3 is 0 Å². The van der Waals surface area contributed by atoms with E-state index in [0.717, 1.165) is 54.7 Å². The normalized spacial score (nSPS) is 15.4. The molecule has 0 aliphatic carbocycles. The molecule has 1 aromatic carbocycles. The van der Waals surface area contributed by atoms with Crippen LogP contribution in [0.25, 0.3) is 10.6 Å². The number of aryl methyl sites for hydroxylation is 1. The number of methoxy groups -OCH3 is 1. The second kappa shape index (κ2) is 8.45. The molecule has 1 aliphatic rings. The Morgan fingerprint density at radius 1 is 1.24 bits per heavy atom. The van der Waals surface area contributed by atoms with Crippen molar-refractivity contribution in [1.29, 1.82) is 0 Å². The van der Waals surface area contributed by atoms with Gasteiger partial charge in [0.1, 0.15) is 10.8 Å². The highest BCUT2D eigenvalue weighted by molar-refractivity contribution is 7.13. The minimum Gasteiger partial charge on any atom is -0.496 e. The van der Waals surface area contributed by atoms with Crippen LogP contribution in [0, 0.1) is 0 Å². The number of hydrogen-bond acceptors (Lipinski definition) is 5. The average molecular weight is 359 g/mol. The van der Waals surface area contributed by atoms with E-state index in [1.807, 2.05) is 34.5 Å². The summed E-state index contributed by atoms with van der Waals surface area (Å²) in [5.74, 6) is 1.07. The standard InChI is InChI=1S/C19H25N3O2S/c1-3-21-10-12-22(13-11-21)18(23)9-8-15-14-25-19(20-15)16-6-4-5-7-17(16)24-2/h4-7,14H,3,8-13H2,1-2H3. The fourth-order valence-corrected chi connectivity index (χ4v) is 3.96. The van der Waals surface area contributed by atoms with E-state index in [1.165, 1.54) is 0 Å². The van der Waals surface area contributed by atoms with Crippen LogP contribution in [0.15, 0.2) is 29.6 Å². The Kier molecular flexibility index (Phi) is 6.04. The maximum atomic E-state index is 12.4. The van der Waals surface area contributed by atoms with Crippen LogP contribution in [0.2, 0.25) is 0 Å². The number of para-hydroxylation sites is 1. The van der Waals surface area contributed by atoms with Gasteiger partial charge in [0.15, 0.2) is 0 Å². The molecule has 0 spiro atoms. The van der Waals surface area contributed by atoms with E-state index in [-0.39, 0.29) is 5.91 Å². The van der Waals surface area contributed by atoms with Crippen LogP contribution in [0.3, 0.4) is 0 Å². The predicted octanol–water partition coefficient (Wildman–Crippen LogP) is 2.92. The number of benzene rings is 1. The Bertz CT molecular complexity index is 708. The Labute approximate surface area is 153 Å². The minimum atomic E-state index is 0.239. The van der Waals surface area contributed by atoms with Gasteiger partial charge in [-0.2, -0.15) is 0 Å². The molecule has 1 aromatic heterocycles. The lowest BCUT2D eigenvalue weighted by Gasteiger charge is -2.34. The summed E-state index contributed by atoms with van der Waals surface area (Å²) in [6, 6.07) is 7.89. The third kappa shape index (κ3) is 4.38. The maximum absolute atomic E-state index is 12.4. The molecule has 0 radical (unpaired) electrons. The maximum Gasteiger partial charge on any atom is 0.223 e. The number of thiazole rings is 1. The summed E-state index contributed by atoms with van der Waals surface area (Å²) in [5.41, 5.74) is 1.98. The number of hydrogen-bond donors (Lipinski definition) is 0. The van der Waals surface area contributed by atoms with Crippen molar-refractivity contribution in [2.75, 3.05) is 39.8 Å². The number of carbonyl (C=O) groups excluding carboxylic acids is 1. The number of piperazine rings is 1. The highest BCUT2D eigenvalue weighted by Gasteiger charge is 2.20. The molecular weight excluding hydrogens is 334 g/mol. The van der Waals surface area contributed by atoms with Crippen LogP contribution in [0.4, 0.5) is 0 Å². The van der Waals surface area contributed by atoms with Gasteiger partial charge in [0, 0.05) is 38.0 Å². The van der Waals surface area contributed by atoms with Crippen molar-refractivity contribution in [3.05, 3.63) is 35.3 Å². The van der Waals surface area contributed by atoms with E-state index >= 15 is 0 Å². The Morgan fingerprint density at radius 2 is 2.00 bits per heavy atom. The number of rotatable bonds is 6. The first kappa shape index (κ1) is 17.9. The van der Waals surface area contributed by atoms with Crippen molar-refractivity contribution in [2.45, 2.75) is 19.8 Å². The van der Waals surface area contributed by atoms with Gasteiger partial charge in [0.05, 0.1) is 18.4 Å². The monoisotopic (exact) mass is 359 g/mol. The summed E-state index contributed by atoms with van der Waals surface area (Å²) in [7, 11) is 1.67. The van der Waals surface area contributed by atoms with Gasteiger partial charge in [-0.3, -0.25) is 4.79 Å². The Balaban J connectivity index is 1.56. The zero-order valence-electron chi connectivity index (χ0n) is 14.9. The van der Waals surface area contributed by atoms with Crippen molar-refractivity contribution in [1.82, 2.24) is 14.8 Å². The molecule has 1 aliphatic heterocycles. The zero-order valence-corrected chi connectivity index (χ0v) is 15.7. The van der Waals surface area contributed by atoms with Crippen molar-refractivity contribution < 1.29 is 9.53 Å². The lowest BCUT2D eigenvalue weighted by atomic mass is 10.2. The lowest BCUT2D eigenvalue weighted by Crippen LogP contribution is -2.48. The highest BCUT2D eigenvalue weighted by atomic mass is 32.1. The predicted molar refractivity (Wildman–Crippen MR) is 101 cm³/mol. The van der Waals surface area contributed by atoms with Gasteiger partial charge in [0.2, 0.25) is 5.91 Å². The van der Waals surface area contributed by atoms with Crippen LogP contribution >= 0.6 is 11.3 Å². The van der Waals surface area contributed by atoms with Crippen molar-refractivity contribution >= 4 is 17.2 Å². The smallest absolute Gasteiger partial charge is 0.223 e. The molecule has 0 unspecified atom stereocenters. The number of likely N-dealkylation sites (N-methyl/N-ethyl adjacent to an activating group) is 1. The SMILES string of the molecule is CCN1CCN(C(=O)CCc2csc(-c3ccccc3OC)n2)CC1. The van der Waals surface area contributed by atoms with Gasteiger partial charge < -0.3 is 14.5 Å². The van der Waals surface area contributed by atoms with Crippen molar-refractivity contribution in [3.63, 3.8) is 0 Å². The molecular formula is C19H25N3O2S. The van der Waals surface area contributed by atoms with E-state index in [4.69, 9.17) is 9.72 Å². The summed E-state index contributed by atoms with van der Waals surface area (Å²) >= 11 is 1.60. The molecule has 2 heterocycles. The second-order valence-corrected chi connectivity index (χ2v) is 7.02. The van der Waals surface area contributed by atoms with E-state index in [1.54, 1.807) is 18.4 Å². The number of nitrogens with zero attached hydrogens (tertiary/aromatic N) is 3. The molecule has 0 atom stereocenters. The zero-order chi connectivity index (χ0) is 17.6. The summed E-state index contributed by atoms with van der Waals surface area (Å²) < 4.78 is 5.41. The second-order valence-electron chi connectivity index (χ2n) is 6.16. The van der Waals surface area contributed by atoms with E-state index in [0.29, 0.717) is 12.8 Å². The molecule has 5 nitrogen and oxygen atoms in total. The van der Waals surface area contributed by atoms with Crippen LogP contribution in [-0.2, 0) is 11.2 Å². The van der Waals surface area contributed by atoms with E-state index in [2.05, 4.69) is 11.8 Å². The van der Waals surface area contributed by atoms with Gasteiger partial charge in [-0.1, -0.05) is 19.1 Å². The van der Waals surface area contributed by atoms with Gasteiger partial charge in [0.25, 0.3) is 0 Å². The molecule has 25 heavy (non-hydrogen) atoms. The molecule has 0 saturated carbocycles. The highest BCUT2D eigenvalue weighted by Crippen LogP contribution is 2.32. The first-order valence-corrected chi connectivity index (χ1v) is 9.67. The molecule has 0 bridgehead atoms. The lowest BCUT2D eigenvalue weighted by molar-refractivity contribution is -0.132. The van der Waals surface area contributed by atoms with E-state index < -0.39 is 0 Å². The van der Waals surface area contributed by atoms with Crippen LogP contribution in [0.1, 0.15) is 19.0 Å². The van der Waals surface area contributed by atoms with Gasteiger partial charge in [-0.25, -0.2) is 4.98 Å². The first-order valence-electron chi connectivity index (χ1n) is 8.79. The fourth-order valence-electron chi connectivity index (χ4n) is 3.07. The van der Waals surface area contributed by atoms with Gasteiger partial charge in [-0.15, -0.1) is 11.3 Å². The molecule has 2 aromatic rings. The summed E-state index contributed by atoms with van der Waals surface area (Å²) in [6.07, 6.45) is 1.22. The van der Waals surface area contributed by atoms with Gasteiger partial charge in [-0.05, 0) is 25.1 Å². The van der Waals surface area contributed by atoms with E-state index in [9.17, 15) is 4.79 Å². The largest absolute Gasteiger partial charge is 0.496 e.